The van der Waals surface area contributed by atoms with Gasteiger partial charge in [-0.05, 0) is 30.9 Å². The number of rotatable bonds is 3. The first-order chi connectivity index (χ1) is 8.59. The van der Waals surface area contributed by atoms with Crippen LogP contribution in [-0.2, 0) is 4.74 Å². The van der Waals surface area contributed by atoms with Gasteiger partial charge in [-0.25, -0.2) is 0 Å². The zero-order valence-electron chi connectivity index (χ0n) is 10.3. The molecule has 1 aromatic rings. The van der Waals surface area contributed by atoms with Crippen LogP contribution in [0.1, 0.15) is 24.4 Å². The number of nitrogens with zero attached hydrogens (tertiary/aromatic N) is 1. The predicted octanol–water partition coefficient (Wildman–Crippen LogP) is 2.15. The number of ether oxygens (including phenoxy) is 1. The van der Waals surface area contributed by atoms with Crippen LogP contribution in [0.5, 0.6) is 5.75 Å². The molecular formula is C12H17ClN2O4. The van der Waals surface area contributed by atoms with Gasteiger partial charge in [0.15, 0.2) is 0 Å². The fourth-order valence-electron chi connectivity index (χ4n) is 2.30. The first kappa shape index (κ1) is 15.7. The molecule has 1 fully saturated rings. The number of nitro benzene ring substituents is 1. The molecule has 0 radical (unpaired) electrons. The van der Waals surface area contributed by atoms with Crippen LogP contribution in [0.4, 0.5) is 5.69 Å². The van der Waals surface area contributed by atoms with E-state index < -0.39 is 11.0 Å². The van der Waals surface area contributed by atoms with E-state index in [1.54, 1.807) is 0 Å². The zero-order valence-corrected chi connectivity index (χ0v) is 11.1. The first-order valence-electron chi connectivity index (χ1n) is 5.90. The van der Waals surface area contributed by atoms with Crippen LogP contribution in [0.3, 0.4) is 0 Å². The van der Waals surface area contributed by atoms with Gasteiger partial charge in [0.05, 0.1) is 10.5 Å². The summed E-state index contributed by atoms with van der Waals surface area (Å²) in [5.41, 5.74) is 6.47. The normalized spacial score (nSPS) is 17.5. The van der Waals surface area contributed by atoms with Crippen molar-refractivity contribution in [3.05, 3.63) is 33.9 Å². The molecular weight excluding hydrogens is 272 g/mol. The van der Waals surface area contributed by atoms with Crippen LogP contribution in [-0.4, -0.2) is 23.2 Å². The predicted molar refractivity (Wildman–Crippen MR) is 72.5 cm³/mol. The second kappa shape index (κ2) is 6.70. The number of phenols is 1. The van der Waals surface area contributed by atoms with Crippen molar-refractivity contribution in [1.29, 1.82) is 0 Å². The summed E-state index contributed by atoms with van der Waals surface area (Å²) in [7, 11) is 0. The van der Waals surface area contributed by atoms with Gasteiger partial charge in [-0.2, -0.15) is 0 Å². The molecule has 1 heterocycles. The van der Waals surface area contributed by atoms with Crippen molar-refractivity contribution in [3.8, 4) is 5.75 Å². The summed E-state index contributed by atoms with van der Waals surface area (Å²) in [6.07, 6.45) is 1.57. The molecule has 2 rings (SSSR count). The number of nitro groups is 1. The Hall–Kier alpha value is -1.37. The minimum atomic E-state index is -0.464. The van der Waals surface area contributed by atoms with Crippen LogP contribution in [0.15, 0.2) is 18.2 Å². The molecule has 7 heteroatoms. The quantitative estimate of drug-likeness (QED) is 0.656. The van der Waals surface area contributed by atoms with Gasteiger partial charge in [-0.1, -0.05) is 0 Å². The fourth-order valence-corrected chi connectivity index (χ4v) is 2.30. The van der Waals surface area contributed by atoms with E-state index in [0.29, 0.717) is 18.8 Å². The minimum Gasteiger partial charge on any atom is -0.508 e. The van der Waals surface area contributed by atoms with Gasteiger partial charge in [-0.15, -0.1) is 12.4 Å². The summed E-state index contributed by atoms with van der Waals surface area (Å²) in [4.78, 5) is 10.5. The van der Waals surface area contributed by atoms with Crippen molar-refractivity contribution in [2.75, 3.05) is 13.2 Å². The van der Waals surface area contributed by atoms with Crippen LogP contribution in [0.25, 0.3) is 0 Å². The van der Waals surface area contributed by atoms with E-state index >= 15 is 0 Å². The van der Waals surface area contributed by atoms with E-state index in [2.05, 4.69) is 0 Å². The standard InChI is InChI=1S/C12H16N2O4.ClH/c13-12(8-3-5-18-6-4-8)10-7-9(15)1-2-11(10)14(16)17;/h1-2,7-8,12,15H,3-6,13H2;1H/t12-;/m0./s1. The molecule has 0 bridgehead atoms. The lowest BCUT2D eigenvalue weighted by Gasteiger charge is -2.27. The highest BCUT2D eigenvalue weighted by atomic mass is 35.5. The van der Waals surface area contributed by atoms with Gasteiger partial charge in [0, 0.05) is 25.3 Å². The first-order valence-corrected chi connectivity index (χ1v) is 5.90. The van der Waals surface area contributed by atoms with Gasteiger partial charge in [0.2, 0.25) is 0 Å². The summed E-state index contributed by atoms with van der Waals surface area (Å²) in [6.45, 7) is 1.26. The molecule has 0 aromatic heterocycles. The van der Waals surface area contributed by atoms with E-state index in [9.17, 15) is 15.2 Å². The number of phenolic OH excluding ortho intramolecular Hbond substituents is 1. The average molecular weight is 289 g/mol. The molecule has 19 heavy (non-hydrogen) atoms. The Labute approximate surface area is 117 Å². The molecule has 1 aliphatic heterocycles. The SMILES string of the molecule is Cl.N[C@H](c1cc(O)ccc1[N+](=O)[O-])C1CCOCC1. The third kappa shape index (κ3) is 3.56. The largest absolute Gasteiger partial charge is 0.508 e. The molecule has 1 atom stereocenters. The lowest BCUT2D eigenvalue weighted by atomic mass is 9.87. The van der Waals surface area contributed by atoms with Crippen molar-refractivity contribution in [3.63, 3.8) is 0 Å². The third-order valence-electron chi connectivity index (χ3n) is 3.34. The topological polar surface area (TPSA) is 98.6 Å². The van der Waals surface area contributed by atoms with Gasteiger partial charge >= 0.3 is 0 Å². The Balaban J connectivity index is 0.00000180. The summed E-state index contributed by atoms with van der Waals surface area (Å²) in [6, 6.07) is 3.54. The third-order valence-corrected chi connectivity index (χ3v) is 3.34. The summed E-state index contributed by atoms with van der Waals surface area (Å²) >= 11 is 0. The van der Waals surface area contributed by atoms with Gasteiger partial charge in [0.1, 0.15) is 5.75 Å². The highest BCUT2D eigenvalue weighted by Crippen LogP contribution is 2.34. The van der Waals surface area contributed by atoms with Crippen LogP contribution < -0.4 is 5.73 Å². The average Bonchev–Trinajstić information content (AvgIpc) is 2.38. The molecule has 0 spiro atoms. The van der Waals surface area contributed by atoms with Crippen molar-refractivity contribution in [2.24, 2.45) is 11.7 Å². The smallest absolute Gasteiger partial charge is 0.274 e. The van der Waals surface area contributed by atoms with Crippen molar-refractivity contribution < 1.29 is 14.8 Å². The van der Waals surface area contributed by atoms with E-state index in [1.165, 1.54) is 18.2 Å². The van der Waals surface area contributed by atoms with Crippen LogP contribution in [0.2, 0.25) is 0 Å². The van der Waals surface area contributed by atoms with E-state index in [0.717, 1.165) is 12.8 Å². The van der Waals surface area contributed by atoms with Crippen molar-refractivity contribution in [2.45, 2.75) is 18.9 Å². The van der Waals surface area contributed by atoms with E-state index in [4.69, 9.17) is 10.5 Å². The lowest BCUT2D eigenvalue weighted by molar-refractivity contribution is -0.385. The van der Waals surface area contributed by atoms with Gasteiger partial charge in [-0.3, -0.25) is 10.1 Å². The molecule has 1 saturated heterocycles. The molecule has 0 amide bonds. The number of halogens is 1. The fraction of sp³-hybridized carbons (Fsp3) is 0.500. The van der Waals surface area contributed by atoms with E-state index in [1.807, 2.05) is 0 Å². The minimum absolute atomic E-state index is 0. The highest BCUT2D eigenvalue weighted by Gasteiger charge is 2.28. The van der Waals surface area contributed by atoms with Gasteiger partial charge < -0.3 is 15.6 Å². The Morgan fingerprint density at radius 3 is 2.63 bits per heavy atom. The van der Waals surface area contributed by atoms with Crippen LogP contribution in [0, 0.1) is 16.0 Å². The molecule has 1 aromatic carbocycles. The highest BCUT2D eigenvalue weighted by molar-refractivity contribution is 5.85. The second-order valence-electron chi connectivity index (χ2n) is 4.48. The molecule has 0 aliphatic carbocycles. The summed E-state index contributed by atoms with van der Waals surface area (Å²) in [5.74, 6) is 0.150. The number of aromatic hydroxyl groups is 1. The second-order valence-corrected chi connectivity index (χ2v) is 4.48. The molecule has 0 saturated carbocycles. The summed E-state index contributed by atoms with van der Waals surface area (Å²) < 4.78 is 5.25. The van der Waals surface area contributed by atoms with Crippen molar-refractivity contribution in [1.82, 2.24) is 0 Å². The van der Waals surface area contributed by atoms with Gasteiger partial charge in [0.25, 0.3) is 5.69 Å². The Kier molecular flexibility index (Phi) is 5.53. The monoisotopic (exact) mass is 288 g/mol. The Morgan fingerprint density at radius 2 is 2.05 bits per heavy atom. The van der Waals surface area contributed by atoms with Crippen LogP contribution >= 0.6 is 12.4 Å². The maximum Gasteiger partial charge on any atom is 0.274 e. The Bertz CT molecular complexity index is 449. The number of hydrogen-bond donors (Lipinski definition) is 2. The van der Waals surface area contributed by atoms with Crippen molar-refractivity contribution >= 4 is 18.1 Å². The number of hydrogen-bond acceptors (Lipinski definition) is 5. The lowest BCUT2D eigenvalue weighted by Crippen LogP contribution is -2.28. The molecule has 106 valence electrons. The maximum atomic E-state index is 11.0. The molecule has 0 unspecified atom stereocenters. The number of nitrogens with two attached hydrogens (primary N) is 1. The molecule has 3 N–H and O–H groups in total. The molecule has 1 aliphatic rings. The number of benzene rings is 1. The maximum absolute atomic E-state index is 11.0. The zero-order chi connectivity index (χ0) is 13.1. The summed E-state index contributed by atoms with van der Waals surface area (Å²) in [5, 5.41) is 20.4. The Morgan fingerprint density at radius 1 is 1.42 bits per heavy atom. The molecule has 6 nitrogen and oxygen atoms in total. The van der Waals surface area contributed by atoms with E-state index in [-0.39, 0.29) is 29.8 Å².